The molecular weight excluding hydrogens is 232 g/mol. The maximum Gasteiger partial charge on any atom is 0.407 e. The van der Waals surface area contributed by atoms with Gasteiger partial charge in [-0.3, -0.25) is 4.79 Å². The summed E-state index contributed by atoms with van der Waals surface area (Å²) in [4.78, 5) is 24.5. The number of nitrogens with one attached hydrogen (secondary N) is 1. The lowest BCUT2D eigenvalue weighted by Gasteiger charge is -2.26. The van der Waals surface area contributed by atoms with Gasteiger partial charge in [-0.1, -0.05) is 6.58 Å². The monoisotopic (exact) mass is 256 g/mol. The highest BCUT2D eigenvalue weighted by Gasteiger charge is 2.17. The molecule has 0 atom stereocenters. The van der Waals surface area contributed by atoms with E-state index in [0.717, 1.165) is 0 Å². The van der Waals surface area contributed by atoms with Crippen LogP contribution in [0.1, 0.15) is 34.6 Å². The number of hydrogen-bond donors (Lipinski definition) is 1. The maximum atomic E-state index is 11.5. The lowest BCUT2D eigenvalue weighted by Crippen LogP contribution is -2.42. The first kappa shape index (κ1) is 16.5. The van der Waals surface area contributed by atoms with E-state index in [4.69, 9.17) is 4.74 Å². The zero-order chi connectivity index (χ0) is 14.3. The van der Waals surface area contributed by atoms with E-state index in [2.05, 4.69) is 11.9 Å². The first-order valence-electron chi connectivity index (χ1n) is 6.07. The van der Waals surface area contributed by atoms with E-state index >= 15 is 0 Å². The normalized spacial score (nSPS) is 11.0. The van der Waals surface area contributed by atoms with E-state index in [1.54, 1.807) is 25.7 Å². The molecule has 5 nitrogen and oxygen atoms in total. The van der Waals surface area contributed by atoms with Crippen LogP contribution < -0.4 is 5.32 Å². The number of amides is 2. The fourth-order valence-electron chi connectivity index (χ4n) is 1.33. The van der Waals surface area contributed by atoms with Gasteiger partial charge in [-0.2, -0.15) is 0 Å². The Morgan fingerprint density at radius 1 is 1.39 bits per heavy atom. The van der Waals surface area contributed by atoms with Gasteiger partial charge in [0.15, 0.2) is 0 Å². The summed E-state index contributed by atoms with van der Waals surface area (Å²) >= 11 is 0. The Hall–Kier alpha value is -1.52. The summed E-state index contributed by atoms with van der Waals surface area (Å²) in [6.07, 6.45) is 0.797. The van der Waals surface area contributed by atoms with Gasteiger partial charge in [-0.05, 0) is 40.7 Å². The standard InChI is InChI=1S/C13H24N2O3/c1-7-11(16)15(10(2)3)9-8-14-12(17)18-13(4,5)6/h7,10H,1,8-9H2,2-6H3,(H,14,17). The molecule has 0 saturated heterocycles. The lowest BCUT2D eigenvalue weighted by atomic mass is 10.2. The topological polar surface area (TPSA) is 58.6 Å². The van der Waals surface area contributed by atoms with Crippen LogP contribution in [0.3, 0.4) is 0 Å². The second-order valence-electron chi connectivity index (χ2n) is 5.26. The van der Waals surface area contributed by atoms with Crippen molar-refractivity contribution >= 4 is 12.0 Å². The third-order valence-corrected chi connectivity index (χ3v) is 2.10. The molecule has 1 N–H and O–H groups in total. The van der Waals surface area contributed by atoms with Crippen LogP contribution in [0.15, 0.2) is 12.7 Å². The zero-order valence-corrected chi connectivity index (χ0v) is 11.9. The molecule has 0 aliphatic rings. The quantitative estimate of drug-likeness (QED) is 0.765. The van der Waals surface area contributed by atoms with Crippen LogP contribution in [-0.2, 0) is 9.53 Å². The second-order valence-corrected chi connectivity index (χ2v) is 5.26. The highest BCUT2D eigenvalue weighted by atomic mass is 16.6. The Bertz CT molecular complexity index is 306. The van der Waals surface area contributed by atoms with Gasteiger partial charge in [-0.15, -0.1) is 0 Å². The van der Waals surface area contributed by atoms with Crippen LogP contribution in [0.25, 0.3) is 0 Å². The van der Waals surface area contributed by atoms with Gasteiger partial charge in [0.1, 0.15) is 5.60 Å². The van der Waals surface area contributed by atoms with Crippen molar-refractivity contribution in [1.82, 2.24) is 10.2 Å². The lowest BCUT2D eigenvalue weighted by molar-refractivity contribution is -0.127. The summed E-state index contributed by atoms with van der Waals surface area (Å²) < 4.78 is 5.09. The summed E-state index contributed by atoms with van der Waals surface area (Å²) in [5, 5.41) is 2.61. The second kappa shape index (κ2) is 7.03. The van der Waals surface area contributed by atoms with Crippen LogP contribution in [0.4, 0.5) is 4.79 Å². The van der Waals surface area contributed by atoms with Crippen molar-refractivity contribution in [2.75, 3.05) is 13.1 Å². The number of alkyl carbamates (subject to hydrolysis) is 1. The largest absolute Gasteiger partial charge is 0.444 e. The highest BCUT2D eigenvalue weighted by Crippen LogP contribution is 2.06. The molecule has 0 unspecified atom stereocenters. The average Bonchev–Trinajstić information content (AvgIpc) is 2.20. The van der Waals surface area contributed by atoms with Crippen LogP contribution >= 0.6 is 0 Å². The van der Waals surface area contributed by atoms with Crippen molar-refractivity contribution in [3.8, 4) is 0 Å². The number of nitrogens with zero attached hydrogens (tertiary/aromatic N) is 1. The molecule has 0 rings (SSSR count). The predicted molar refractivity (Wildman–Crippen MR) is 71.3 cm³/mol. The van der Waals surface area contributed by atoms with Crippen LogP contribution in [0.2, 0.25) is 0 Å². The van der Waals surface area contributed by atoms with Gasteiger partial charge in [0.05, 0.1) is 0 Å². The molecule has 2 amide bonds. The maximum absolute atomic E-state index is 11.5. The van der Waals surface area contributed by atoms with E-state index in [1.165, 1.54) is 6.08 Å². The van der Waals surface area contributed by atoms with Crippen molar-refractivity contribution in [2.45, 2.75) is 46.3 Å². The minimum Gasteiger partial charge on any atom is -0.444 e. The molecule has 0 aromatic carbocycles. The van der Waals surface area contributed by atoms with E-state index in [0.29, 0.717) is 13.1 Å². The minimum atomic E-state index is -0.515. The van der Waals surface area contributed by atoms with Gasteiger partial charge in [0.25, 0.3) is 0 Å². The van der Waals surface area contributed by atoms with Crippen molar-refractivity contribution in [1.29, 1.82) is 0 Å². The van der Waals surface area contributed by atoms with Crippen molar-refractivity contribution < 1.29 is 14.3 Å². The molecule has 0 fully saturated rings. The molecule has 0 radical (unpaired) electrons. The van der Waals surface area contributed by atoms with Gasteiger partial charge < -0.3 is 15.0 Å². The molecule has 0 spiro atoms. The molecule has 104 valence electrons. The molecule has 0 aliphatic carbocycles. The van der Waals surface area contributed by atoms with Crippen LogP contribution in [0, 0.1) is 0 Å². The van der Waals surface area contributed by atoms with Gasteiger partial charge in [0.2, 0.25) is 5.91 Å². The summed E-state index contributed by atoms with van der Waals surface area (Å²) in [5.74, 6) is -0.143. The number of carbonyl (C=O) groups is 2. The number of ether oxygens (including phenoxy) is 1. The number of rotatable bonds is 5. The van der Waals surface area contributed by atoms with Crippen molar-refractivity contribution in [3.05, 3.63) is 12.7 Å². The first-order chi connectivity index (χ1) is 8.17. The summed E-state index contributed by atoms with van der Waals surface area (Å²) in [6, 6.07) is 0.0657. The van der Waals surface area contributed by atoms with Crippen molar-refractivity contribution in [2.24, 2.45) is 0 Å². The zero-order valence-electron chi connectivity index (χ0n) is 11.9. The van der Waals surface area contributed by atoms with Crippen molar-refractivity contribution in [3.63, 3.8) is 0 Å². The number of hydrogen-bond acceptors (Lipinski definition) is 3. The van der Waals surface area contributed by atoms with E-state index in [-0.39, 0.29) is 11.9 Å². The average molecular weight is 256 g/mol. The molecule has 0 heterocycles. The van der Waals surface area contributed by atoms with Gasteiger partial charge >= 0.3 is 6.09 Å². The third kappa shape index (κ3) is 6.93. The summed E-state index contributed by atoms with van der Waals surface area (Å²) in [6.45, 7) is 13.5. The molecule has 18 heavy (non-hydrogen) atoms. The van der Waals surface area contributed by atoms with E-state index in [9.17, 15) is 9.59 Å². The molecule has 0 bridgehead atoms. The smallest absolute Gasteiger partial charge is 0.407 e. The fraction of sp³-hybridized carbons (Fsp3) is 0.692. The van der Waals surface area contributed by atoms with Gasteiger partial charge in [0, 0.05) is 19.1 Å². The molecule has 0 saturated carbocycles. The fourth-order valence-corrected chi connectivity index (χ4v) is 1.33. The molecular formula is C13H24N2O3. The molecule has 0 aromatic rings. The molecule has 0 aliphatic heterocycles. The Kier molecular flexibility index (Phi) is 6.44. The van der Waals surface area contributed by atoms with E-state index < -0.39 is 11.7 Å². The Morgan fingerprint density at radius 3 is 2.33 bits per heavy atom. The molecule has 0 aromatic heterocycles. The number of carbonyl (C=O) groups excluding carboxylic acids is 2. The summed E-state index contributed by atoms with van der Waals surface area (Å²) in [7, 11) is 0. The Balaban J connectivity index is 4.12. The van der Waals surface area contributed by atoms with Gasteiger partial charge in [-0.25, -0.2) is 4.79 Å². The van der Waals surface area contributed by atoms with Crippen LogP contribution in [-0.4, -0.2) is 41.6 Å². The third-order valence-electron chi connectivity index (χ3n) is 2.10. The Labute approximate surface area is 109 Å². The SMILES string of the molecule is C=CC(=O)N(CCNC(=O)OC(C)(C)C)C(C)C. The highest BCUT2D eigenvalue weighted by molar-refractivity contribution is 5.87. The predicted octanol–water partition coefficient (Wildman–Crippen LogP) is 1.93. The first-order valence-corrected chi connectivity index (χ1v) is 6.07. The minimum absolute atomic E-state index is 0.0657. The van der Waals surface area contributed by atoms with Crippen LogP contribution in [0.5, 0.6) is 0 Å². The molecule has 5 heteroatoms. The Morgan fingerprint density at radius 2 is 1.94 bits per heavy atom. The van der Waals surface area contributed by atoms with E-state index in [1.807, 2.05) is 13.8 Å². The summed E-state index contributed by atoms with van der Waals surface area (Å²) in [5.41, 5.74) is -0.515.